The lowest BCUT2D eigenvalue weighted by atomic mass is 10.2. The summed E-state index contributed by atoms with van der Waals surface area (Å²) in [5, 5.41) is -0.0362. The lowest BCUT2D eigenvalue weighted by Gasteiger charge is -2.13. The highest BCUT2D eigenvalue weighted by Crippen LogP contribution is 2.37. The Bertz CT molecular complexity index is 1150. The fourth-order valence-corrected chi connectivity index (χ4v) is 4.29. The van der Waals surface area contributed by atoms with Crippen molar-refractivity contribution in [3.63, 3.8) is 0 Å². The Kier molecular flexibility index (Phi) is 4.65. The highest BCUT2D eigenvalue weighted by Gasteiger charge is 2.36. The van der Waals surface area contributed by atoms with Gasteiger partial charge in [-0.1, -0.05) is 23.4 Å². The van der Waals surface area contributed by atoms with Crippen molar-refractivity contribution in [2.75, 3.05) is 6.26 Å². The number of fused-ring (bicyclic) bond motifs is 1. The first-order valence-corrected chi connectivity index (χ1v) is 9.24. The maximum atomic E-state index is 14.6. The van der Waals surface area contributed by atoms with Gasteiger partial charge in [0, 0.05) is 5.56 Å². The van der Waals surface area contributed by atoms with E-state index in [1.165, 1.54) is 11.8 Å². The lowest BCUT2D eigenvalue weighted by Crippen LogP contribution is -2.38. The van der Waals surface area contributed by atoms with Gasteiger partial charge in [-0.2, -0.15) is 13.2 Å². The SMILES string of the molecule is CSc1nc2c(Cl)cc(F)c(-n3c(=O)[nH]c(C(F)(F)F)c(C)c3=O)c2s1. The van der Waals surface area contributed by atoms with Crippen molar-refractivity contribution >= 4 is 44.9 Å². The minimum absolute atomic E-state index is 0.0362. The highest BCUT2D eigenvalue weighted by molar-refractivity contribution is 8.00. The van der Waals surface area contributed by atoms with E-state index in [1.54, 1.807) is 11.2 Å². The number of nitrogens with zero attached hydrogens (tertiary/aromatic N) is 2. The third-order valence-corrected chi connectivity index (χ3v) is 5.88. The van der Waals surface area contributed by atoms with E-state index in [0.717, 1.165) is 24.3 Å². The molecular weight excluding hydrogens is 418 g/mol. The average Bonchev–Trinajstić information content (AvgIpc) is 2.97. The van der Waals surface area contributed by atoms with Crippen molar-refractivity contribution in [1.82, 2.24) is 14.5 Å². The number of benzene rings is 1. The molecule has 0 bridgehead atoms. The summed E-state index contributed by atoms with van der Waals surface area (Å²) in [5.41, 5.74) is -5.23. The molecule has 0 saturated heterocycles. The Morgan fingerprint density at radius 1 is 1.35 bits per heavy atom. The van der Waals surface area contributed by atoms with E-state index in [4.69, 9.17) is 11.6 Å². The van der Waals surface area contributed by atoms with Gasteiger partial charge in [-0.15, -0.1) is 11.3 Å². The van der Waals surface area contributed by atoms with E-state index < -0.39 is 40.2 Å². The van der Waals surface area contributed by atoms with Crippen LogP contribution in [0.25, 0.3) is 15.9 Å². The van der Waals surface area contributed by atoms with Gasteiger partial charge in [0.15, 0.2) is 10.2 Å². The zero-order valence-electron chi connectivity index (χ0n) is 13.0. The number of rotatable bonds is 2. The quantitative estimate of drug-likeness (QED) is 0.498. The Balaban J connectivity index is 2.46. The largest absolute Gasteiger partial charge is 0.431 e. The second-order valence-electron chi connectivity index (χ2n) is 5.12. The number of alkyl halides is 3. The molecule has 5 nitrogen and oxygen atoms in total. The minimum Gasteiger partial charge on any atom is -0.302 e. The van der Waals surface area contributed by atoms with Crippen LogP contribution in [-0.2, 0) is 6.18 Å². The van der Waals surface area contributed by atoms with Crippen LogP contribution in [0, 0.1) is 12.7 Å². The van der Waals surface area contributed by atoms with Crippen LogP contribution in [0.4, 0.5) is 17.6 Å². The lowest BCUT2D eigenvalue weighted by molar-refractivity contribution is -0.142. The fourth-order valence-electron chi connectivity index (χ4n) is 2.38. The van der Waals surface area contributed by atoms with Crippen LogP contribution in [0.15, 0.2) is 20.0 Å². The van der Waals surface area contributed by atoms with Crippen LogP contribution < -0.4 is 11.2 Å². The summed E-state index contributed by atoms with van der Waals surface area (Å²) in [5.74, 6) is -1.02. The molecule has 0 spiro atoms. The van der Waals surface area contributed by atoms with Gasteiger partial charge in [-0.05, 0) is 19.2 Å². The molecule has 1 aromatic carbocycles. The number of aromatic nitrogens is 3. The average molecular weight is 426 g/mol. The number of H-pyrrole nitrogens is 1. The second-order valence-corrected chi connectivity index (χ2v) is 7.58. The molecule has 0 unspecified atom stereocenters. The molecular formula is C14H8ClF4N3O2S2. The molecule has 0 aliphatic carbocycles. The van der Waals surface area contributed by atoms with Crippen molar-refractivity contribution in [1.29, 1.82) is 0 Å². The zero-order chi connectivity index (χ0) is 19.4. The third-order valence-electron chi connectivity index (χ3n) is 3.54. The van der Waals surface area contributed by atoms with Crippen LogP contribution in [0.1, 0.15) is 11.3 Å². The Hall–Kier alpha value is -1.85. The monoisotopic (exact) mass is 425 g/mol. The number of nitrogens with one attached hydrogen (secondary N) is 1. The molecule has 0 aliphatic rings. The molecule has 1 N–H and O–H groups in total. The first kappa shape index (κ1) is 18.9. The summed E-state index contributed by atoms with van der Waals surface area (Å²) in [6.07, 6.45) is -3.21. The summed E-state index contributed by atoms with van der Waals surface area (Å²) in [7, 11) is 0. The van der Waals surface area contributed by atoms with Gasteiger partial charge in [-0.25, -0.2) is 18.7 Å². The Morgan fingerprint density at radius 2 is 2.00 bits per heavy atom. The molecule has 0 fully saturated rings. The van der Waals surface area contributed by atoms with Gasteiger partial charge < -0.3 is 4.98 Å². The fraction of sp³-hybridized carbons (Fsp3) is 0.214. The van der Waals surface area contributed by atoms with Crippen molar-refractivity contribution in [2.45, 2.75) is 17.4 Å². The molecule has 26 heavy (non-hydrogen) atoms. The Labute approximate surface area is 155 Å². The predicted molar refractivity (Wildman–Crippen MR) is 92.3 cm³/mol. The molecule has 0 aliphatic heterocycles. The normalized spacial score (nSPS) is 12.1. The second kappa shape index (κ2) is 6.39. The standard InChI is InChI=1S/C14H8ClF4N3O2S2/c1-4-10(14(17,18)19)21-12(24)22(11(4)23)8-6(16)3-5(15)7-9(8)26-13(20-7)25-2/h3H,1-2H3,(H,21,24). The van der Waals surface area contributed by atoms with E-state index in [1.807, 2.05) is 0 Å². The molecule has 0 amide bonds. The summed E-state index contributed by atoms with van der Waals surface area (Å²) in [6, 6.07) is 0.863. The minimum atomic E-state index is -4.92. The number of hydrogen-bond donors (Lipinski definition) is 1. The van der Waals surface area contributed by atoms with Crippen LogP contribution >= 0.6 is 34.7 Å². The van der Waals surface area contributed by atoms with E-state index in [9.17, 15) is 27.2 Å². The summed E-state index contributed by atoms with van der Waals surface area (Å²) in [6.45, 7) is 0.905. The Morgan fingerprint density at radius 3 is 2.58 bits per heavy atom. The molecule has 2 aromatic heterocycles. The van der Waals surface area contributed by atoms with Gasteiger partial charge >= 0.3 is 11.9 Å². The molecule has 2 heterocycles. The molecule has 0 saturated carbocycles. The van der Waals surface area contributed by atoms with Gasteiger partial charge in [0.25, 0.3) is 5.56 Å². The summed E-state index contributed by atoms with van der Waals surface area (Å²) in [4.78, 5) is 30.4. The molecule has 0 radical (unpaired) electrons. The maximum absolute atomic E-state index is 14.6. The van der Waals surface area contributed by atoms with Crippen molar-refractivity contribution in [3.8, 4) is 5.69 Å². The van der Waals surface area contributed by atoms with Gasteiger partial charge in [0.05, 0.1) is 9.72 Å². The van der Waals surface area contributed by atoms with E-state index in [-0.39, 0.29) is 15.2 Å². The van der Waals surface area contributed by atoms with Gasteiger partial charge in [0.1, 0.15) is 16.9 Å². The van der Waals surface area contributed by atoms with E-state index in [0.29, 0.717) is 8.91 Å². The smallest absolute Gasteiger partial charge is 0.302 e. The van der Waals surface area contributed by atoms with Crippen molar-refractivity contribution in [3.05, 3.63) is 49.0 Å². The topological polar surface area (TPSA) is 67.8 Å². The zero-order valence-corrected chi connectivity index (χ0v) is 15.4. The number of aromatic amines is 1. The van der Waals surface area contributed by atoms with Gasteiger partial charge in [0.2, 0.25) is 0 Å². The van der Waals surface area contributed by atoms with Crippen molar-refractivity contribution < 1.29 is 17.6 Å². The molecule has 0 atom stereocenters. The number of hydrogen-bond acceptors (Lipinski definition) is 5. The van der Waals surface area contributed by atoms with Crippen molar-refractivity contribution in [2.24, 2.45) is 0 Å². The van der Waals surface area contributed by atoms with Crippen LogP contribution in [0.3, 0.4) is 0 Å². The van der Waals surface area contributed by atoms with Crippen LogP contribution in [-0.4, -0.2) is 20.8 Å². The summed E-state index contributed by atoms with van der Waals surface area (Å²) < 4.78 is 54.3. The van der Waals surface area contributed by atoms with E-state index >= 15 is 0 Å². The number of halogens is 5. The first-order valence-electron chi connectivity index (χ1n) is 6.82. The van der Waals surface area contributed by atoms with Gasteiger partial charge in [-0.3, -0.25) is 4.79 Å². The first-order chi connectivity index (χ1) is 12.1. The third kappa shape index (κ3) is 2.93. The number of thioether (sulfide) groups is 1. The number of thiazole rings is 1. The molecule has 12 heteroatoms. The van der Waals surface area contributed by atoms with Crippen LogP contribution in [0.2, 0.25) is 5.02 Å². The maximum Gasteiger partial charge on any atom is 0.431 e. The molecule has 3 aromatic rings. The van der Waals surface area contributed by atoms with Crippen LogP contribution in [0.5, 0.6) is 0 Å². The predicted octanol–water partition coefficient (Wildman–Crippen LogP) is 3.98. The molecule has 138 valence electrons. The molecule has 3 rings (SSSR count). The van der Waals surface area contributed by atoms with E-state index in [2.05, 4.69) is 4.98 Å². The highest BCUT2D eigenvalue weighted by atomic mass is 35.5. The summed E-state index contributed by atoms with van der Waals surface area (Å²) >= 11 is 8.17.